The molecule has 0 saturated carbocycles. The van der Waals surface area contributed by atoms with Crippen LogP contribution in [0.25, 0.3) is 0 Å². The molecule has 314 valence electrons. The summed E-state index contributed by atoms with van der Waals surface area (Å²) in [7, 11) is -2.88. The van der Waals surface area contributed by atoms with Crippen molar-refractivity contribution in [2.24, 2.45) is 0 Å². The van der Waals surface area contributed by atoms with Gasteiger partial charge in [-0.05, 0) is 43.5 Å². The highest BCUT2D eigenvalue weighted by atomic mass is 32.3. The predicted molar refractivity (Wildman–Crippen MR) is 235 cm³/mol. The van der Waals surface area contributed by atoms with Gasteiger partial charge < -0.3 is 23.5 Å². The average molecular weight is 793 g/mol. The molecule has 0 aliphatic carbocycles. The number of benzene rings is 3. The molecule has 3 aromatic carbocycles. The first kappa shape index (κ1) is 47.1. The van der Waals surface area contributed by atoms with Crippen LogP contribution < -0.4 is 14.2 Å². The highest BCUT2D eigenvalue weighted by molar-refractivity contribution is 8.30. The van der Waals surface area contributed by atoms with Crippen LogP contribution in [0.3, 0.4) is 0 Å². The lowest BCUT2D eigenvalue weighted by Gasteiger charge is -2.40. The van der Waals surface area contributed by atoms with Crippen molar-refractivity contribution in [2.45, 2.75) is 190 Å². The van der Waals surface area contributed by atoms with Crippen LogP contribution in [-0.4, -0.2) is 31.1 Å². The molecule has 0 aliphatic heterocycles. The van der Waals surface area contributed by atoms with Gasteiger partial charge in [-0.3, -0.25) is 0 Å². The van der Waals surface area contributed by atoms with Gasteiger partial charge in [-0.1, -0.05) is 192 Å². The molecule has 0 aromatic heterocycles. The molecule has 6 nitrogen and oxygen atoms in total. The van der Waals surface area contributed by atoms with Crippen LogP contribution in [0.5, 0.6) is 17.2 Å². The van der Waals surface area contributed by atoms with Gasteiger partial charge in [0.25, 0.3) is 0 Å². The van der Waals surface area contributed by atoms with Crippen LogP contribution in [0, 0.1) is 0 Å². The van der Waals surface area contributed by atoms with Crippen LogP contribution in [0.2, 0.25) is 0 Å². The molecule has 0 saturated heterocycles. The molecule has 0 heterocycles. The lowest BCUT2D eigenvalue weighted by Crippen LogP contribution is -2.15. The van der Waals surface area contributed by atoms with Gasteiger partial charge in [0.05, 0.1) is 19.8 Å². The summed E-state index contributed by atoms with van der Waals surface area (Å²) in [6.45, 7) is 8.38. The molecule has 0 bridgehead atoms. The molecule has 0 spiro atoms. The van der Waals surface area contributed by atoms with E-state index in [1.54, 1.807) is 0 Å². The summed E-state index contributed by atoms with van der Waals surface area (Å²) in [5.74, 6) is 1.81. The van der Waals surface area contributed by atoms with Gasteiger partial charge in [-0.15, -0.1) is 0 Å². The van der Waals surface area contributed by atoms with E-state index in [1.165, 1.54) is 116 Å². The minimum Gasteiger partial charge on any atom is -0.493 e. The summed E-state index contributed by atoms with van der Waals surface area (Å²) in [4.78, 5) is 15.0. The first-order chi connectivity index (χ1) is 27.6. The van der Waals surface area contributed by atoms with Crippen LogP contribution >= 0.6 is 10.3 Å². The minimum absolute atomic E-state index is 0.507. The third-order valence-corrected chi connectivity index (χ3v) is 13.6. The second-order valence-electron chi connectivity index (χ2n) is 15.3. The molecule has 0 amide bonds. The summed E-state index contributed by atoms with van der Waals surface area (Å²) in [5.41, 5.74) is 0. The summed E-state index contributed by atoms with van der Waals surface area (Å²) >= 11 is 0. The Labute approximate surface area is 343 Å². The molecule has 0 fully saturated rings. The van der Waals surface area contributed by atoms with Crippen LogP contribution in [0.15, 0.2) is 87.5 Å². The first-order valence-corrected chi connectivity index (χ1v) is 24.0. The summed E-state index contributed by atoms with van der Waals surface area (Å²) in [6.07, 6.45) is 27.6. The second kappa shape index (κ2) is 29.9. The van der Waals surface area contributed by atoms with Crippen molar-refractivity contribution >= 4 is 16.5 Å². The first-order valence-electron chi connectivity index (χ1n) is 22.5. The van der Waals surface area contributed by atoms with Crippen LogP contribution in [-0.2, 0) is 4.18 Å². The number of carboxylic acid groups (broad SMARTS) is 1. The molecule has 56 heavy (non-hydrogen) atoms. The van der Waals surface area contributed by atoms with Gasteiger partial charge >= 0.3 is 6.16 Å². The van der Waals surface area contributed by atoms with E-state index in [4.69, 9.17) is 18.4 Å². The second-order valence-corrected chi connectivity index (χ2v) is 17.9. The third kappa shape index (κ3) is 17.4. The Morgan fingerprint density at radius 1 is 0.464 bits per heavy atom. The molecule has 0 radical (unpaired) electrons. The molecule has 0 atom stereocenters. The van der Waals surface area contributed by atoms with E-state index in [2.05, 4.69) is 20.8 Å². The molecule has 0 unspecified atom stereocenters. The lowest BCUT2D eigenvalue weighted by molar-refractivity contribution is 0.150. The normalized spacial score (nSPS) is 11.7. The number of rotatable bonds is 34. The highest BCUT2D eigenvalue weighted by Crippen LogP contribution is 2.73. The van der Waals surface area contributed by atoms with Crippen molar-refractivity contribution in [3.8, 4) is 17.2 Å². The number of hydrogen-bond acceptors (Lipinski definition) is 5. The van der Waals surface area contributed by atoms with E-state index in [1.807, 2.05) is 72.8 Å². The summed E-state index contributed by atoms with van der Waals surface area (Å²) in [6, 6.07) is 23.4. The fourth-order valence-corrected chi connectivity index (χ4v) is 10.4. The lowest BCUT2D eigenvalue weighted by atomic mass is 10.1. The largest absolute Gasteiger partial charge is 0.517 e. The van der Waals surface area contributed by atoms with Gasteiger partial charge in [0.2, 0.25) is 0 Å². The maximum absolute atomic E-state index is 12.9. The number of ether oxygens (including phenoxy) is 3. The standard InChI is InChI=1S/C49H76O6S/c1-4-7-10-13-16-19-22-31-38-52-43-41-46(53-39-32-23-20-17-14-11-8-5-2)48(47(42-43)54-40-33-24-21-18-15-12-9-6-3)56(55-49(50)51,44-34-27-25-28-35-44)45-36-29-26-30-37-45/h25-30,34-37,41-42H,4-24,31-33,38-40H2,1-3H3,(H,50,51). The van der Waals surface area contributed by atoms with E-state index in [0.29, 0.717) is 42.0 Å². The smallest absolute Gasteiger partial charge is 0.493 e. The molecule has 3 aromatic rings. The zero-order valence-corrected chi connectivity index (χ0v) is 36.2. The van der Waals surface area contributed by atoms with E-state index in [9.17, 15) is 9.90 Å². The van der Waals surface area contributed by atoms with Crippen molar-refractivity contribution in [3.05, 3.63) is 72.8 Å². The minimum atomic E-state index is -2.88. The van der Waals surface area contributed by atoms with Crippen molar-refractivity contribution in [2.75, 3.05) is 19.8 Å². The van der Waals surface area contributed by atoms with E-state index < -0.39 is 16.5 Å². The Bertz CT molecular complexity index is 1330. The summed E-state index contributed by atoms with van der Waals surface area (Å²) in [5, 5.41) is 10.5. The van der Waals surface area contributed by atoms with Gasteiger partial charge in [-0.2, -0.15) is 0 Å². The van der Waals surface area contributed by atoms with E-state index >= 15 is 0 Å². The van der Waals surface area contributed by atoms with E-state index in [-0.39, 0.29) is 0 Å². The van der Waals surface area contributed by atoms with E-state index in [0.717, 1.165) is 48.3 Å². The van der Waals surface area contributed by atoms with Crippen LogP contribution in [0.1, 0.15) is 175 Å². The van der Waals surface area contributed by atoms with Gasteiger partial charge in [0, 0.05) is 32.2 Å². The zero-order chi connectivity index (χ0) is 39.9. The van der Waals surface area contributed by atoms with Crippen LogP contribution in [0.4, 0.5) is 4.79 Å². The Morgan fingerprint density at radius 2 is 0.786 bits per heavy atom. The van der Waals surface area contributed by atoms with Crippen molar-refractivity contribution in [1.82, 2.24) is 0 Å². The number of unbranched alkanes of at least 4 members (excludes halogenated alkanes) is 21. The molecule has 1 N–H and O–H groups in total. The predicted octanol–water partition coefficient (Wildman–Crippen LogP) is 16.1. The fourth-order valence-electron chi connectivity index (χ4n) is 7.24. The maximum atomic E-state index is 12.9. The quantitative estimate of drug-likeness (QED) is 0.0607. The van der Waals surface area contributed by atoms with Gasteiger partial charge in [-0.25, -0.2) is 4.79 Å². The van der Waals surface area contributed by atoms with Crippen molar-refractivity contribution in [1.29, 1.82) is 0 Å². The maximum Gasteiger partial charge on any atom is 0.517 e. The van der Waals surface area contributed by atoms with Crippen molar-refractivity contribution in [3.63, 3.8) is 0 Å². The van der Waals surface area contributed by atoms with Crippen molar-refractivity contribution < 1.29 is 28.3 Å². The molecular weight excluding hydrogens is 717 g/mol. The molecule has 7 heteroatoms. The number of hydrogen-bond donors (Lipinski definition) is 1. The summed E-state index contributed by atoms with van der Waals surface area (Å²) < 4.78 is 26.3. The molecule has 3 rings (SSSR count). The van der Waals surface area contributed by atoms with Gasteiger partial charge in [0.15, 0.2) is 0 Å². The highest BCUT2D eigenvalue weighted by Gasteiger charge is 2.41. The molecular formula is C49H76O6S. The Kier molecular flexibility index (Phi) is 25.1. The topological polar surface area (TPSA) is 74.2 Å². The number of carbonyl (C=O) groups is 1. The Balaban J connectivity index is 1.99. The fraction of sp³-hybridized carbons (Fsp3) is 0.612. The SMILES string of the molecule is CCCCCCCCCCOc1cc(OCCCCCCCCCC)c(S(OC(=O)O)(c2ccccc2)c2ccccc2)c(OCCCCCCCCCC)c1. The Morgan fingerprint density at radius 3 is 1.12 bits per heavy atom. The monoisotopic (exact) mass is 793 g/mol. The third-order valence-electron chi connectivity index (χ3n) is 10.4. The Hall–Kier alpha value is -3.32. The average Bonchev–Trinajstić information content (AvgIpc) is 3.21. The molecule has 0 aliphatic rings. The zero-order valence-electron chi connectivity index (χ0n) is 35.4. The van der Waals surface area contributed by atoms with Gasteiger partial charge in [0.1, 0.15) is 22.1 Å².